The Bertz CT molecular complexity index is 1530. The van der Waals surface area contributed by atoms with Crippen LogP contribution in [-0.2, 0) is 4.79 Å². The summed E-state index contributed by atoms with van der Waals surface area (Å²) in [6.45, 7) is 0. The normalized spacial score (nSPS) is 11.4. The molecule has 0 saturated carbocycles. The maximum atomic E-state index is 12.8. The SMILES string of the molecule is N#CC(=Cc1ccccc1)C(=O)Nc1ccccc1-c1nc2c(ccc3ccccc32)o1. The molecule has 32 heavy (non-hydrogen) atoms. The van der Waals surface area contributed by atoms with Crippen molar-refractivity contribution in [2.45, 2.75) is 0 Å². The number of aromatic nitrogens is 1. The number of carbonyl (C=O) groups is 1. The van der Waals surface area contributed by atoms with Crippen molar-refractivity contribution in [3.63, 3.8) is 0 Å². The van der Waals surface area contributed by atoms with E-state index in [0.717, 1.165) is 21.9 Å². The van der Waals surface area contributed by atoms with E-state index in [9.17, 15) is 10.1 Å². The molecule has 0 atom stereocenters. The zero-order valence-electron chi connectivity index (χ0n) is 16.9. The monoisotopic (exact) mass is 415 g/mol. The van der Waals surface area contributed by atoms with Crippen LogP contribution in [0.1, 0.15) is 5.56 Å². The van der Waals surface area contributed by atoms with Gasteiger partial charge < -0.3 is 9.73 Å². The first-order valence-electron chi connectivity index (χ1n) is 10.1. The molecular formula is C27H17N3O2. The minimum Gasteiger partial charge on any atom is -0.436 e. The number of nitrogens with one attached hydrogen (secondary N) is 1. The van der Waals surface area contributed by atoms with Gasteiger partial charge in [0.05, 0.1) is 11.3 Å². The number of fused-ring (bicyclic) bond motifs is 3. The molecule has 0 unspecified atom stereocenters. The summed E-state index contributed by atoms with van der Waals surface area (Å²) in [4.78, 5) is 17.5. The largest absolute Gasteiger partial charge is 0.436 e. The number of nitrogens with zero attached hydrogens (tertiary/aromatic N) is 2. The van der Waals surface area contributed by atoms with Crippen molar-refractivity contribution >= 4 is 39.5 Å². The van der Waals surface area contributed by atoms with Gasteiger partial charge in [-0.25, -0.2) is 4.98 Å². The highest BCUT2D eigenvalue weighted by Crippen LogP contribution is 2.33. The Morgan fingerprint density at radius 1 is 0.906 bits per heavy atom. The number of nitriles is 1. The van der Waals surface area contributed by atoms with Crippen LogP contribution in [0, 0.1) is 11.3 Å². The number of rotatable bonds is 4. The van der Waals surface area contributed by atoms with Gasteiger partial charge in [0.15, 0.2) is 5.58 Å². The summed E-state index contributed by atoms with van der Waals surface area (Å²) < 4.78 is 6.02. The van der Waals surface area contributed by atoms with Crippen LogP contribution in [0.4, 0.5) is 5.69 Å². The minimum atomic E-state index is -0.495. The van der Waals surface area contributed by atoms with Crippen molar-refractivity contribution in [2.75, 3.05) is 5.32 Å². The Morgan fingerprint density at radius 3 is 2.50 bits per heavy atom. The quantitative estimate of drug-likeness (QED) is 0.280. The molecule has 0 radical (unpaired) electrons. The first-order valence-corrected chi connectivity index (χ1v) is 10.1. The molecule has 1 amide bonds. The molecule has 5 nitrogen and oxygen atoms in total. The second kappa shape index (κ2) is 8.21. The van der Waals surface area contributed by atoms with E-state index in [2.05, 4.69) is 5.32 Å². The van der Waals surface area contributed by atoms with Crippen molar-refractivity contribution < 1.29 is 9.21 Å². The maximum Gasteiger partial charge on any atom is 0.266 e. The Labute approximate surface area is 184 Å². The van der Waals surface area contributed by atoms with Gasteiger partial charge in [-0.05, 0) is 35.2 Å². The van der Waals surface area contributed by atoms with Crippen LogP contribution in [-0.4, -0.2) is 10.9 Å². The number of hydrogen-bond donors (Lipinski definition) is 1. The van der Waals surface area contributed by atoms with Crippen molar-refractivity contribution in [3.8, 4) is 17.5 Å². The third-order valence-electron chi connectivity index (χ3n) is 5.16. The van der Waals surface area contributed by atoms with Crippen molar-refractivity contribution in [3.05, 3.63) is 102 Å². The zero-order chi connectivity index (χ0) is 21.9. The molecule has 1 aromatic heterocycles. The summed E-state index contributed by atoms with van der Waals surface area (Å²) in [7, 11) is 0. The number of carbonyl (C=O) groups excluding carboxylic acids is 1. The summed E-state index contributed by atoms with van der Waals surface area (Å²) in [6.07, 6.45) is 1.56. The smallest absolute Gasteiger partial charge is 0.266 e. The van der Waals surface area contributed by atoms with Crippen molar-refractivity contribution in [1.29, 1.82) is 5.26 Å². The van der Waals surface area contributed by atoms with Crippen molar-refractivity contribution in [2.24, 2.45) is 0 Å². The lowest BCUT2D eigenvalue weighted by Gasteiger charge is -2.08. The van der Waals surface area contributed by atoms with Crippen LogP contribution in [0.2, 0.25) is 0 Å². The molecule has 0 aliphatic heterocycles. The van der Waals surface area contributed by atoms with Gasteiger partial charge in [0, 0.05) is 5.39 Å². The maximum absolute atomic E-state index is 12.8. The minimum absolute atomic E-state index is 0.00885. The fourth-order valence-corrected chi connectivity index (χ4v) is 3.61. The zero-order valence-corrected chi connectivity index (χ0v) is 16.9. The molecular weight excluding hydrogens is 398 g/mol. The van der Waals surface area contributed by atoms with Crippen molar-refractivity contribution in [1.82, 2.24) is 4.98 Å². The van der Waals surface area contributed by atoms with Crippen LogP contribution < -0.4 is 5.32 Å². The molecule has 1 heterocycles. The van der Waals surface area contributed by atoms with Gasteiger partial charge in [0.25, 0.3) is 5.91 Å². The Balaban J connectivity index is 1.52. The van der Waals surface area contributed by atoms with E-state index in [4.69, 9.17) is 9.40 Å². The standard InChI is InChI=1S/C27H17N3O2/c28-17-20(16-18-8-2-1-3-9-18)26(31)29-23-13-7-6-12-22(23)27-30-25-21-11-5-4-10-19(21)14-15-24(25)32-27/h1-16H,(H,29,31). The average Bonchev–Trinajstić information content (AvgIpc) is 3.28. The molecule has 0 spiro atoms. The van der Waals surface area contributed by atoms with Gasteiger partial charge in [0.2, 0.25) is 5.89 Å². The van der Waals surface area contributed by atoms with Gasteiger partial charge in [-0.3, -0.25) is 4.79 Å². The molecule has 5 heteroatoms. The van der Waals surface area contributed by atoms with Crippen LogP contribution in [0.3, 0.4) is 0 Å². The van der Waals surface area contributed by atoms with Gasteiger partial charge in [-0.2, -0.15) is 5.26 Å². The molecule has 0 aliphatic rings. The topological polar surface area (TPSA) is 78.9 Å². The number of benzene rings is 4. The number of amides is 1. The lowest BCUT2D eigenvalue weighted by Crippen LogP contribution is -2.14. The summed E-state index contributed by atoms with van der Waals surface area (Å²) in [5, 5.41) is 14.4. The molecule has 5 rings (SSSR count). The molecule has 152 valence electrons. The number of para-hydroxylation sites is 1. The molecule has 0 saturated heterocycles. The lowest BCUT2D eigenvalue weighted by atomic mass is 10.1. The number of anilines is 1. The lowest BCUT2D eigenvalue weighted by molar-refractivity contribution is -0.112. The van der Waals surface area contributed by atoms with Gasteiger partial charge in [-0.15, -0.1) is 0 Å². The molecule has 1 N–H and O–H groups in total. The van der Waals surface area contributed by atoms with E-state index in [1.54, 1.807) is 12.1 Å². The van der Waals surface area contributed by atoms with Crippen LogP contribution in [0.15, 0.2) is 101 Å². The fraction of sp³-hybridized carbons (Fsp3) is 0. The molecule has 0 fully saturated rings. The first kappa shape index (κ1) is 19.3. The first-order chi connectivity index (χ1) is 15.7. The van der Waals surface area contributed by atoms with E-state index in [1.807, 2.05) is 91.0 Å². The summed E-state index contributed by atoms with van der Waals surface area (Å²) in [5.41, 5.74) is 3.37. The highest BCUT2D eigenvalue weighted by molar-refractivity contribution is 6.11. The third-order valence-corrected chi connectivity index (χ3v) is 5.16. The van der Waals surface area contributed by atoms with E-state index < -0.39 is 5.91 Å². The molecule has 0 bridgehead atoms. The van der Waals surface area contributed by atoms with Gasteiger partial charge in [-0.1, -0.05) is 72.8 Å². The molecule has 0 aliphatic carbocycles. The van der Waals surface area contributed by atoms with E-state index in [0.29, 0.717) is 22.7 Å². The van der Waals surface area contributed by atoms with E-state index in [-0.39, 0.29) is 5.57 Å². The van der Waals surface area contributed by atoms with Crippen LogP contribution in [0.5, 0.6) is 0 Å². The average molecular weight is 415 g/mol. The third kappa shape index (κ3) is 3.62. The Kier molecular flexibility index (Phi) is 4.95. The fourth-order valence-electron chi connectivity index (χ4n) is 3.61. The highest BCUT2D eigenvalue weighted by atomic mass is 16.3. The van der Waals surface area contributed by atoms with Gasteiger partial charge >= 0.3 is 0 Å². The summed E-state index contributed by atoms with van der Waals surface area (Å²) in [5.74, 6) is -0.0943. The van der Waals surface area contributed by atoms with Gasteiger partial charge in [0.1, 0.15) is 17.2 Å². The predicted octanol–water partition coefficient (Wildman–Crippen LogP) is 6.19. The summed E-state index contributed by atoms with van der Waals surface area (Å²) in [6, 6.07) is 30.4. The second-order valence-corrected chi connectivity index (χ2v) is 7.23. The Hall–Kier alpha value is -4.69. The summed E-state index contributed by atoms with van der Waals surface area (Å²) >= 11 is 0. The molecule has 5 aromatic rings. The highest BCUT2D eigenvalue weighted by Gasteiger charge is 2.17. The van der Waals surface area contributed by atoms with Crippen LogP contribution in [0.25, 0.3) is 39.4 Å². The molecule has 4 aromatic carbocycles. The van der Waals surface area contributed by atoms with E-state index >= 15 is 0 Å². The second-order valence-electron chi connectivity index (χ2n) is 7.23. The number of oxazole rings is 1. The van der Waals surface area contributed by atoms with Crippen LogP contribution >= 0.6 is 0 Å². The predicted molar refractivity (Wildman–Crippen MR) is 126 cm³/mol. The number of hydrogen-bond acceptors (Lipinski definition) is 4. The van der Waals surface area contributed by atoms with E-state index in [1.165, 1.54) is 0 Å². The Morgan fingerprint density at radius 2 is 1.66 bits per heavy atom.